The van der Waals surface area contributed by atoms with Gasteiger partial charge in [0.05, 0.1) is 11.5 Å². The highest BCUT2D eigenvalue weighted by Crippen LogP contribution is 2.27. The molecule has 2 rings (SSSR count). The number of methoxy groups -OCH3 is 1. The van der Waals surface area contributed by atoms with Gasteiger partial charge >= 0.3 is 0 Å². The fraction of sp³-hybridized carbons (Fsp3) is 0.562. The van der Waals surface area contributed by atoms with E-state index in [9.17, 15) is 4.79 Å². The second-order valence-corrected chi connectivity index (χ2v) is 5.97. The standard InChI is InChI=1S/C16H24N2O2/c1-16(2,12-7-5-4-6-8-12)15(19)18-10-9-13(17)14(11-18)20-3/h4-8,13-14H,9-11,17H2,1-3H3/t13-,14+/m0/s1. The molecule has 20 heavy (non-hydrogen) atoms. The summed E-state index contributed by atoms with van der Waals surface area (Å²) in [6, 6.07) is 9.92. The predicted molar refractivity (Wildman–Crippen MR) is 79.4 cm³/mol. The normalized spacial score (nSPS) is 23.7. The molecule has 1 aliphatic rings. The van der Waals surface area contributed by atoms with Crippen molar-refractivity contribution in [1.82, 2.24) is 4.90 Å². The molecule has 2 N–H and O–H groups in total. The third-order valence-electron chi connectivity index (χ3n) is 4.23. The molecule has 1 aliphatic heterocycles. The first-order chi connectivity index (χ1) is 9.46. The summed E-state index contributed by atoms with van der Waals surface area (Å²) in [7, 11) is 1.65. The van der Waals surface area contributed by atoms with E-state index in [4.69, 9.17) is 10.5 Å². The Morgan fingerprint density at radius 3 is 2.60 bits per heavy atom. The summed E-state index contributed by atoms with van der Waals surface area (Å²) >= 11 is 0. The van der Waals surface area contributed by atoms with Gasteiger partial charge in [-0.15, -0.1) is 0 Å². The number of rotatable bonds is 3. The number of benzene rings is 1. The van der Waals surface area contributed by atoms with E-state index in [-0.39, 0.29) is 18.1 Å². The maximum absolute atomic E-state index is 12.8. The van der Waals surface area contributed by atoms with Crippen molar-refractivity contribution in [2.45, 2.75) is 37.8 Å². The SMILES string of the molecule is CO[C@@H]1CN(C(=O)C(C)(C)c2ccccc2)CC[C@@H]1N. The van der Waals surface area contributed by atoms with Gasteiger partial charge in [0.25, 0.3) is 0 Å². The van der Waals surface area contributed by atoms with Crippen molar-refractivity contribution < 1.29 is 9.53 Å². The Morgan fingerprint density at radius 2 is 2.00 bits per heavy atom. The summed E-state index contributed by atoms with van der Waals surface area (Å²) in [5.41, 5.74) is 6.52. The van der Waals surface area contributed by atoms with Crippen LogP contribution in [0.3, 0.4) is 0 Å². The minimum atomic E-state index is -0.527. The minimum Gasteiger partial charge on any atom is -0.378 e. The van der Waals surface area contributed by atoms with Crippen molar-refractivity contribution in [1.29, 1.82) is 0 Å². The number of nitrogens with two attached hydrogens (primary N) is 1. The highest BCUT2D eigenvalue weighted by molar-refractivity contribution is 5.87. The molecule has 1 heterocycles. The first-order valence-electron chi connectivity index (χ1n) is 7.10. The largest absolute Gasteiger partial charge is 0.378 e. The highest BCUT2D eigenvalue weighted by atomic mass is 16.5. The van der Waals surface area contributed by atoms with E-state index in [2.05, 4.69) is 0 Å². The number of piperidine rings is 1. The lowest BCUT2D eigenvalue weighted by Gasteiger charge is -2.39. The number of carbonyl (C=O) groups excluding carboxylic acids is 1. The molecular weight excluding hydrogens is 252 g/mol. The van der Waals surface area contributed by atoms with E-state index in [1.807, 2.05) is 49.1 Å². The zero-order valence-electron chi connectivity index (χ0n) is 12.5. The Balaban J connectivity index is 2.15. The monoisotopic (exact) mass is 276 g/mol. The van der Waals surface area contributed by atoms with E-state index in [1.165, 1.54) is 0 Å². The van der Waals surface area contributed by atoms with Crippen LogP contribution in [0.1, 0.15) is 25.8 Å². The molecule has 0 bridgehead atoms. The van der Waals surface area contributed by atoms with Crippen LogP contribution in [0.5, 0.6) is 0 Å². The van der Waals surface area contributed by atoms with Crippen molar-refractivity contribution in [3.8, 4) is 0 Å². The van der Waals surface area contributed by atoms with Gasteiger partial charge in [0, 0.05) is 26.2 Å². The van der Waals surface area contributed by atoms with Gasteiger partial charge in [-0.2, -0.15) is 0 Å². The molecule has 4 heteroatoms. The summed E-state index contributed by atoms with van der Waals surface area (Å²) in [4.78, 5) is 14.7. The summed E-state index contributed by atoms with van der Waals surface area (Å²) in [5.74, 6) is 0.137. The van der Waals surface area contributed by atoms with Gasteiger partial charge in [0.15, 0.2) is 0 Å². The van der Waals surface area contributed by atoms with E-state index < -0.39 is 5.41 Å². The number of amides is 1. The van der Waals surface area contributed by atoms with Crippen LogP contribution >= 0.6 is 0 Å². The van der Waals surface area contributed by atoms with Crippen LogP contribution in [-0.4, -0.2) is 43.2 Å². The molecule has 0 aliphatic carbocycles. The molecule has 0 radical (unpaired) electrons. The molecule has 1 aromatic rings. The highest BCUT2D eigenvalue weighted by Gasteiger charge is 2.37. The smallest absolute Gasteiger partial charge is 0.232 e. The zero-order chi connectivity index (χ0) is 14.8. The van der Waals surface area contributed by atoms with Gasteiger partial charge in [-0.1, -0.05) is 30.3 Å². The molecule has 110 valence electrons. The van der Waals surface area contributed by atoms with Crippen LogP contribution < -0.4 is 5.73 Å². The lowest BCUT2D eigenvalue weighted by molar-refractivity contribution is -0.140. The average molecular weight is 276 g/mol. The summed E-state index contributed by atoms with van der Waals surface area (Å²) in [6.45, 7) is 5.23. The van der Waals surface area contributed by atoms with Crippen molar-refractivity contribution in [2.24, 2.45) is 5.73 Å². The fourth-order valence-corrected chi connectivity index (χ4v) is 2.74. The van der Waals surface area contributed by atoms with Crippen LogP contribution in [0, 0.1) is 0 Å². The zero-order valence-corrected chi connectivity index (χ0v) is 12.5. The van der Waals surface area contributed by atoms with Gasteiger partial charge in [-0.25, -0.2) is 0 Å². The Labute approximate surface area is 120 Å². The minimum absolute atomic E-state index is 0.0175. The number of carbonyl (C=O) groups is 1. The molecule has 1 aromatic carbocycles. The van der Waals surface area contributed by atoms with Gasteiger partial charge in [-0.05, 0) is 25.8 Å². The Bertz CT molecular complexity index is 459. The second kappa shape index (κ2) is 5.94. The molecule has 0 aromatic heterocycles. The Hall–Kier alpha value is -1.39. The molecule has 4 nitrogen and oxygen atoms in total. The van der Waals surface area contributed by atoms with Crippen LogP contribution in [-0.2, 0) is 14.9 Å². The van der Waals surface area contributed by atoms with Crippen molar-refractivity contribution in [3.05, 3.63) is 35.9 Å². The quantitative estimate of drug-likeness (QED) is 0.911. The Kier molecular flexibility index (Phi) is 4.45. The van der Waals surface area contributed by atoms with Crippen molar-refractivity contribution >= 4 is 5.91 Å². The predicted octanol–water partition coefficient (Wildman–Crippen LogP) is 1.54. The number of ether oxygens (including phenoxy) is 1. The molecular formula is C16H24N2O2. The summed E-state index contributed by atoms with van der Waals surface area (Å²) < 4.78 is 5.38. The molecule has 0 saturated carbocycles. The lowest BCUT2D eigenvalue weighted by atomic mass is 9.82. The molecule has 1 saturated heterocycles. The van der Waals surface area contributed by atoms with E-state index in [0.717, 1.165) is 12.0 Å². The molecule has 1 fully saturated rings. The van der Waals surface area contributed by atoms with E-state index >= 15 is 0 Å². The number of hydrogen-bond acceptors (Lipinski definition) is 3. The lowest BCUT2D eigenvalue weighted by Crippen LogP contribution is -2.56. The third kappa shape index (κ3) is 2.86. The van der Waals surface area contributed by atoms with Gasteiger partial charge in [0.2, 0.25) is 5.91 Å². The Morgan fingerprint density at radius 1 is 1.35 bits per heavy atom. The number of hydrogen-bond donors (Lipinski definition) is 1. The van der Waals surface area contributed by atoms with Gasteiger partial charge in [0.1, 0.15) is 0 Å². The molecule has 2 atom stereocenters. The van der Waals surface area contributed by atoms with Crippen LogP contribution in [0.15, 0.2) is 30.3 Å². The third-order valence-corrected chi connectivity index (χ3v) is 4.23. The van der Waals surface area contributed by atoms with Crippen LogP contribution in [0.2, 0.25) is 0 Å². The maximum atomic E-state index is 12.8. The number of nitrogens with zero attached hydrogens (tertiary/aromatic N) is 1. The summed E-state index contributed by atoms with van der Waals surface area (Å²) in [5, 5.41) is 0. The molecule has 0 unspecified atom stereocenters. The van der Waals surface area contributed by atoms with Gasteiger partial charge < -0.3 is 15.4 Å². The van der Waals surface area contributed by atoms with Gasteiger partial charge in [-0.3, -0.25) is 4.79 Å². The van der Waals surface area contributed by atoms with Crippen LogP contribution in [0.25, 0.3) is 0 Å². The second-order valence-electron chi connectivity index (χ2n) is 5.97. The van der Waals surface area contributed by atoms with Crippen LogP contribution in [0.4, 0.5) is 0 Å². The summed E-state index contributed by atoms with van der Waals surface area (Å²) in [6.07, 6.45) is 0.717. The van der Waals surface area contributed by atoms with E-state index in [1.54, 1.807) is 7.11 Å². The topological polar surface area (TPSA) is 55.6 Å². The molecule has 1 amide bonds. The first-order valence-corrected chi connectivity index (χ1v) is 7.10. The number of likely N-dealkylation sites (tertiary alicyclic amines) is 1. The van der Waals surface area contributed by atoms with Crippen molar-refractivity contribution in [3.63, 3.8) is 0 Å². The average Bonchev–Trinajstić information content (AvgIpc) is 2.48. The molecule has 0 spiro atoms. The van der Waals surface area contributed by atoms with Crippen molar-refractivity contribution in [2.75, 3.05) is 20.2 Å². The maximum Gasteiger partial charge on any atom is 0.232 e. The first kappa shape index (κ1) is 15.0. The fourth-order valence-electron chi connectivity index (χ4n) is 2.74. The van der Waals surface area contributed by atoms with E-state index in [0.29, 0.717) is 13.1 Å².